The number of nitrogens with zero attached hydrogens (tertiary/aromatic N) is 3. The zero-order chi connectivity index (χ0) is 19.7. The van der Waals surface area contributed by atoms with Gasteiger partial charge in [0.15, 0.2) is 5.82 Å². The maximum atomic E-state index is 13.2. The van der Waals surface area contributed by atoms with E-state index in [1.807, 2.05) is 51.1 Å². The van der Waals surface area contributed by atoms with Gasteiger partial charge in [-0.3, -0.25) is 0 Å². The van der Waals surface area contributed by atoms with Crippen molar-refractivity contribution in [3.05, 3.63) is 42.1 Å². The van der Waals surface area contributed by atoms with E-state index >= 15 is 0 Å². The number of para-hydroxylation sites is 2. The summed E-state index contributed by atoms with van der Waals surface area (Å²) in [6.45, 7) is 8.80. The van der Waals surface area contributed by atoms with Crippen LogP contribution in [0.15, 0.2) is 36.5 Å². The Morgan fingerprint density at radius 1 is 1.11 bits per heavy atom. The molecule has 0 radical (unpaired) electrons. The Kier molecular flexibility index (Phi) is 4.85. The van der Waals surface area contributed by atoms with Crippen LogP contribution in [0.5, 0.6) is 5.75 Å². The predicted molar refractivity (Wildman–Crippen MR) is 106 cm³/mol. The van der Waals surface area contributed by atoms with Gasteiger partial charge in [-0.05, 0) is 39.0 Å². The Bertz CT molecular complexity index is 872. The summed E-state index contributed by atoms with van der Waals surface area (Å²) in [5.74, 6) is 1.17. The zero-order valence-electron chi connectivity index (χ0n) is 16.5. The van der Waals surface area contributed by atoms with Crippen molar-refractivity contribution in [1.82, 2.24) is 4.98 Å². The van der Waals surface area contributed by atoms with E-state index in [4.69, 9.17) is 14.2 Å². The molecule has 1 amide bonds. The van der Waals surface area contributed by atoms with Crippen molar-refractivity contribution in [3.63, 3.8) is 0 Å². The second-order valence-electron chi connectivity index (χ2n) is 7.80. The van der Waals surface area contributed by atoms with Crippen LogP contribution >= 0.6 is 0 Å². The molecule has 1 aromatic heterocycles. The molecule has 4 rings (SSSR count). The van der Waals surface area contributed by atoms with Crippen molar-refractivity contribution in [1.29, 1.82) is 0 Å². The summed E-state index contributed by atoms with van der Waals surface area (Å²) in [7, 11) is 0. The lowest BCUT2D eigenvalue weighted by Gasteiger charge is -2.32. The molecular formula is C21H25N3O4. The number of rotatable bonds is 1. The summed E-state index contributed by atoms with van der Waals surface area (Å²) in [6.07, 6.45) is 1.26. The van der Waals surface area contributed by atoms with Crippen LogP contribution in [-0.4, -0.2) is 43.0 Å². The molecule has 2 aliphatic rings. The summed E-state index contributed by atoms with van der Waals surface area (Å²) < 4.78 is 17.2. The Balaban J connectivity index is 1.82. The fourth-order valence-electron chi connectivity index (χ4n) is 3.42. The number of benzene rings is 1. The maximum Gasteiger partial charge on any atom is 0.420 e. The van der Waals surface area contributed by atoms with Crippen molar-refractivity contribution in [2.24, 2.45) is 0 Å². The molecular weight excluding hydrogens is 358 g/mol. The number of hydrogen-bond donors (Lipinski definition) is 0. The average Bonchev–Trinajstić information content (AvgIpc) is 2.84. The van der Waals surface area contributed by atoms with Gasteiger partial charge in [0.25, 0.3) is 0 Å². The molecule has 1 fully saturated rings. The number of carbonyl (C=O) groups is 1. The number of fused-ring (bicyclic) bond motifs is 2. The molecule has 0 N–H and O–H groups in total. The van der Waals surface area contributed by atoms with E-state index < -0.39 is 11.7 Å². The summed E-state index contributed by atoms with van der Waals surface area (Å²) in [5.41, 5.74) is 1.88. The molecule has 0 aliphatic carbocycles. The quantitative estimate of drug-likeness (QED) is 0.745. The summed E-state index contributed by atoms with van der Waals surface area (Å²) in [4.78, 5) is 21.5. The van der Waals surface area contributed by atoms with Gasteiger partial charge in [-0.15, -0.1) is 0 Å². The minimum Gasteiger partial charge on any atom is -0.486 e. The molecule has 1 aromatic carbocycles. The fourth-order valence-corrected chi connectivity index (χ4v) is 3.42. The minimum atomic E-state index is -0.624. The largest absolute Gasteiger partial charge is 0.486 e. The standard InChI is InChI=1S/C21H25N3O4/c1-21(2,3)28-20(25)24-17-6-4-5-7-18(17)27-14-15-16(8-9-22-19(15)24)23-10-12-26-13-11-23/h4-9H,10-14H2,1-3H3. The van der Waals surface area contributed by atoms with Gasteiger partial charge in [-0.2, -0.15) is 0 Å². The molecule has 0 bridgehead atoms. The third-order valence-electron chi connectivity index (χ3n) is 4.63. The molecule has 7 heteroatoms. The van der Waals surface area contributed by atoms with Crippen molar-refractivity contribution >= 4 is 23.3 Å². The zero-order valence-corrected chi connectivity index (χ0v) is 16.5. The number of aromatic nitrogens is 1. The van der Waals surface area contributed by atoms with Crippen molar-refractivity contribution in [2.45, 2.75) is 33.0 Å². The summed E-state index contributed by atoms with van der Waals surface area (Å²) in [5, 5.41) is 0. The molecule has 0 spiro atoms. The number of anilines is 3. The van der Waals surface area contributed by atoms with Crippen LogP contribution in [0.1, 0.15) is 26.3 Å². The van der Waals surface area contributed by atoms with Crippen molar-refractivity contribution < 1.29 is 19.0 Å². The van der Waals surface area contributed by atoms with Gasteiger partial charge in [-0.25, -0.2) is 14.7 Å². The molecule has 0 atom stereocenters. The van der Waals surface area contributed by atoms with Gasteiger partial charge in [0.05, 0.1) is 24.5 Å². The molecule has 28 heavy (non-hydrogen) atoms. The second kappa shape index (κ2) is 7.31. The van der Waals surface area contributed by atoms with E-state index in [-0.39, 0.29) is 0 Å². The van der Waals surface area contributed by atoms with Crippen LogP contribution in [0, 0.1) is 0 Å². The Labute approximate surface area is 164 Å². The van der Waals surface area contributed by atoms with Gasteiger partial charge in [0.2, 0.25) is 0 Å². The predicted octanol–water partition coefficient (Wildman–Crippen LogP) is 3.88. The topological polar surface area (TPSA) is 64.1 Å². The van der Waals surface area contributed by atoms with Crippen LogP contribution < -0.4 is 14.5 Å². The van der Waals surface area contributed by atoms with Crippen LogP contribution in [0.25, 0.3) is 0 Å². The van der Waals surface area contributed by atoms with E-state index in [9.17, 15) is 4.79 Å². The van der Waals surface area contributed by atoms with Gasteiger partial charge in [0, 0.05) is 25.0 Å². The number of hydrogen-bond acceptors (Lipinski definition) is 6. The van der Waals surface area contributed by atoms with Gasteiger partial charge < -0.3 is 19.1 Å². The molecule has 2 aliphatic heterocycles. The van der Waals surface area contributed by atoms with E-state index in [0.717, 1.165) is 24.3 Å². The first-order valence-electron chi connectivity index (χ1n) is 9.49. The highest BCUT2D eigenvalue weighted by Crippen LogP contribution is 2.42. The first kappa shape index (κ1) is 18.6. The normalized spacial score (nSPS) is 16.5. The first-order valence-corrected chi connectivity index (χ1v) is 9.49. The van der Waals surface area contributed by atoms with E-state index in [2.05, 4.69) is 9.88 Å². The molecule has 0 unspecified atom stereocenters. The lowest BCUT2D eigenvalue weighted by atomic mass is 10.1. The lowest BCUT2D eigenvalue weighted by molar-refractivity contribution is 0.0598. The van der Waals surface area contributed by atoms with Gasteiger partial charge in [-0.1, -0.05) is 12.1 Å². The molecule has 1 saturated heterocycles. The number of carbonyl (C=O) groups excluding carboxylic acids is 1. The summed E-state index contributed by atoms with van der Waals surface area (Å²) >= 11 is 0. The Hall–Kier alpha value is -2.80. The molecule has 7 nitrogen and oxygen atoms in total. The highest BCUT2D eigenvalue weighted by Gasteiger charge is 2.33. The average molecular weight is 383 g/mol. The second-order valence-corrected chi connectivity index (χ2v) is 7.80. The highest BCUT2D eigenvalue weighted by atomic mass is 16.6. The third-order valence-corrected chi connectivity index (χ3v) is 4.63. The molecule has 0 saturated carbocycles. The van der Waals surface area contributed by atoms with Crippen LogP contribution in [0.4, 0.5) is 22.0 Å². The smallest absolute Gasteiger partial charge is 0.420 e. The van der Waals surface area contributed by atoms with Crippen molar-refractivity contribution in [2.75, 3.05) is 36.1 Å². The van der Waals surface area contributed by atoms with Gasteiger partial charge >= 0.3 is 6.09 Å². The molecule has 3 heterocycles. The SMILES string of the molecule is CC(C)(C)OC(=O)N1c2ccccc2OCc2c(N3CCOCC3)ccnc21. The Morgan fingerprint density at radius 2 is 1.86 bits per heavy atom. The third kappa shape index (κ3) is 3.62. The first-order chi connectivity index (χ1) is 13.4. The van der Waals surface area contributed by atoms with E-state index in [1.165, 1.54) is 4.90 Å². The van der Waals surface area contributed by atoms with Crippen LogP contribution in [0.3, 0.4) is 0 Å². The lowest BCUT2D eigenvalue weighted by Crippen LogP contribution is -2.38. The number of ether oxygens (including phenoxy) is 3. The van der Waals surface area contributed by atoms with Crippen LogP contribution in [-0.2, 0) is 16.1 Å². The number of morpholine rings is 1. The monoisotopic (exact) mass is 383 g/mol. The number of amides is 1. The number of pyridine rings is 1. The molecule has 148 valence electrons. The summed E-state index contributed by atoms with van der Waals surface area (Å²) in [6, 6.07) is 9.43. The fraction of sp³-hybridized carbons (Fsp3) is 0.429. The van der Waals surface area contributed by atoms with Crippen LogP contribution in [0.2, 0.25) is 0 Å². The van der Waals surface area contributed by atoms with Crippen molar-refractivity contribution in [3.8, 4) is 5.75 Å². The highest BCUT2D eigenvalue weighted by molar-refractivity contribution is 5.98. The van der Waals surface area contributed by atoms with E-state index in [0.29, 0.717) is 37.1 Å². The van der Waals surface area contributed by atoms with E-state index in [1.54, 1.807) is 6.20 Å². The maximum absolute atomic E-state index is 13.2. The minimum absolute atomic E-state index is 0.326. The molecule has 2 aromatic rings. The van der Waals surface area contributed by atoms with Gasteiger partial charge in [0.1, 0.15) is 18.0 Å². The Morgan fingerprint density at radius 3 is 2.61 bits per heavy atom.